The van der Waals surface area contributed by atoms with Crippen molar-refractivity contribution in [1.82, 2.24) is 10.0 Å². The van der Waals surface area contributed by atoms with Gasteiger partial charge in [0.15, 0.2) is 0 Å². The van der Waals surface area contributed by atoms with Gasteiger partial charge < -0.3 is 24.6 Å². The average molecular weight is 670 g/mol. The number of anilines is 1. The van der Waals surface area contributed by atoms with Gasteiger partial charge in [0.25, 0.3) is 5.91 Å². The summed E-state index contributed by atoms with van der Waals surface area (Å²) in [6.07, 6.45) is 8.60. The molecule has 2 aromatic carbocycles. The number of fused-ring (bicyclic) bond motifs is 2. The number of hydrogen-bond donors (Lipinski definition) is 3. The maximum absolute atomic E-state index is 13.4. The van der Waals surface area contributed by atoms with Crippen molar-refractivity contribution in [3.63, 3.8) is 0 Å². The first kappa shape index (κ1) is 35.1. The minimum Gasteiger partial charge on any atom is -0.593 e. The van der Waals surface area contributed by atoms with Gasteiger partial charge >= 0.3 is 0 Å². The number of carbonyl (C=O) groups excluding carboxylic acids is 1. The lowest BCUT2D eigenvalue weighted by Crippen LogP contribution is -2.56. The minimum atomic E-state index is -1.57. The quantitative estimate of drug-likeness (QED) is 0.240. The van der Waals surface area contributed by atoms with Crippen LogP contribution in [0.15, 0.2) is 48.6 Å². The molecular weight excluding hydrogens is 618 g/mol. The largest absolute Gasteiger partial charge is 0.593 e. The van der Waals surface area contributed by atoms with Gasteiger partial charge in [-0.2, -0.15) is 4.72 Å². The maximum Gasteiger partial charge on any atom is 0.292 e. The number of aryl methyl sites for hydroxylation is 1. The molecule has 2 bridgehead atoms. The number of nitrogens with one attached hydrogen (secondary N) is 2. The third kappa shape index (κ3) is 8.07. The average Bonchev–Trinajstić information content (AvgIpc) is 3.16. The second-order valence-electron chi connectivity index (χ2n) is 14.8. The van der Waals surface area contributed by atoms with E-state index in [1.54, 1.807) is 6.07 Å². The van der Waals surface area contributed by atoms with Crippen LogP contribution in [0.1, 0.15) is 94.6 Å². The molecule has 3 N–H and O–H groups in total. The van der Waals surface area contributed by atoms with Crippen molar-refractivity contribution in [2.24, 2.45) is 17.8 Å². The molecule has 1 amide bonds. The molecule has 6 unspecified atom stereocenters. The molecule has 2 aromatic rings. The van der Waals surface area contributed by atoms with Crippen molar-refractivity contribution >= 4 is 34.6 Å². The van der Waals surface area contributed by atoms with E-state index in [2.05, 4.69) is 60.8 Å². The smallest absolute Gasteiger partial charge is 0.292 e. The van der Waals surface area contributed by atoms with Crippen molar-refractivity contribution in [2.75, 3.05) is 31.1 Å². The number of ether oxygens (including phenoxy) is 1. The number of allylic oxidation sites excluding steroid dienone is 1. The highest BCUT2D eigenvalue weighted by atomic mass is 35.5. The summed E-state index contributed by atoms with van der Waals surface area (Å²) in [5.41, 5.74) is 2.62. The van der Waals surface area contributed by atoms with Crippen LogP contribution in [0.2, 0.25) is 5.02 Å². The van der Waals surface area contributed by atoms with E-state index in [1.807, 2.05) is 38.1 Å². The number of benzene rings is 2. The number of hydrogen-bond acceptors (Lipinski definition) is 6. The number of nitrogens with zero attached hydrogens (tertiary/aromatic N) is 1. The van der Waals surface area contributed by atoms with E-state index in [9.17, 15) is 14.5 Å². The Labute approximate surface area is 283 Å². The number of β-amino-alcohol motifs (C(OH)–C–C–N with tert-alkyl or cyclic N) is 1. The summed E-state index contributed by atoms with van der Waals surface area (Å²) in [4.78, 5) is 15.8. The van der Waals surface area contributed by atoms with Crippen LogP contribution >= 0.6 is 11.6 Å². The van der Waals surface area contributed by atoms with Crippen LogP contribution < -0.4 is 19.7 Å². The summed E-state index contributed by atoms with van der Waals surface area (Å²) in [6.45, 7) is 14.9. The molecule has 1 saturated carbocycles. The van der Waals surface area contributed by atoms with Gasteiger partial charge in [-0.1, -0.05) is 50.1 Å². The van der Waals surface area contributed by atoms with E-state index in [-0.39, 0.29) is 40.4 Å². The summed E-state index contributed by atoms with van der Waals surface area (Å²) >= 11 is 4.87. The number of halogens is 1. The molecule has 9 heteroatoms. The Morgan fingerprint density at radius 3 is 2.65 bits per heavy atom. The van der Waals surface area contributed by atoms with Gasteiger partial charge in [-0.25, -0.2) is 0 Å². The fourth-order valence-electron chi connectivity index (χ4n) is 7.04. The molecule has 0 spiro atoms. The van der Waals surface area contributed by atoms with Gasteiger partial charge in [-0.05, 0) is 107 Å². The van der Waals surface area contributed by atoms with Gasteiger partial charge in [-0.3, -0.25) is 4.79 Å². The van der Waals surface area contributed by atoms with Crippen molar-refractivity contribution in [2.45, 2.75) is 96.0 Å². The lowest BCUT2D eigenvalue weighted by Gasteiger charge is -2.49. The molecule has 0 aromatic heterocycles. The molecule has 5 rings (SSSR count). The van der Waals surface area contributed by atoms with Crippen molar-refractivity contribution in [3.8, 4) is 5.75 Å². The predicted molar refractivity (Wildman–Crippen MR) is 189 cm³/mol. The molecule has 7 nitrogen and oxygen atoms in total. The first-order chi connectivity index (χ1) is 21.8. The van der Waals surface area contributed by atoms with E-state index >= 15 is 0 Å². The highest BCUT2D eigenvalue weighted by Gasteiger charge is 2.46. The van der Waals surface area contributed by atoms with E-state index in [0.29, 0.717) is 31.7 Å². The summed E-state index contributed by atoms with van der Waals surface area (Å²) in [5.74, 6) is 0.824. The van der Waals surface area contributed by atoms with Crippen LogP contribution in [0.25, 0.3) is 0 Å². The molecule has 1 aliphatic carbocycles. The molecule has 0 radical (unpaired) electrons. The Morgan fingerprint density at radius 2 is 1.96 bits per heavy atom. The number of carbonyl (C=O) groups is 1. The normalized spacial score (nSPS) is 31.2. The third-order valence-electron chi connectivity index (χ3n) is 10.2. The van der Waals surface area contributed by atoms with Crippen LogP contribution in [0.5, 0.6) is 5.75 Å². The molecule has 3 aliphatic rings. The Kier molecular flexibility index (Phi) is 11.1. The fourth-order valence-corrected chi connectivity index (χ4v) is 8.25. The summed E-state index contributed by atoms with van der Waals surface area (Å²) in [5, 5.41) is 16.4. The first-order valence-electron chi connectivity index (χ1n) is 16.9. The Morgan fingerprint density at radius 1 is 1.17 bits per heavy atom. The standard InChI is InChI=1S/C37H52ClN3O4S/c1-7-9-26-18-30(38)13-14-31(26)29-21-41-20-28-11-15-32(28)37(43,23-39-36(4,5)6)17-8-10-24(2)25(3)46(44)40-35(42)27-12-16-34(45-22-29)33(41)19-27/h8,12-14,16-19,24-25,28-29,32,39,43H,7,9-11,15,20-23H2,1-6H3,(H,40,42)/b17-8+/t24?,25?,28?,29?,32?,37-,46?/m1/s1. The first-order valence-corrected chi connectivity index (χ1v) is 18.5. The minimum absolute atomic E-state index is 0.0423. The summed E-state index contributed by atoms with van der Waals surface area (Å²) in [7, 11) is 0. The molecule has 0 saturated heterocycles. The molecule has 2 heterocycles. The van der Waals surface area contributed by atoms with Crippen molar-refractivity contribution in [1.29, 1.82) is 0 Å². The van der Waals surface area contributed by atoms with E-state index in [4.69, 9.17) is 16.3 Å². The predicted octanol–water partition coefficient (Wildman–Crippen LogP) is 6.80. The van der Waals surface area contributed by atoms with Crippen LogP contribution in [0.3, 0.4) is 0 Å². The topological polar surface area (TPSA) is 96.9 Å². The number of aliphatic hydroxyl groups is 1. The maximum atomic E-state index is 13.4. The van der Waals surface area contributed by atoms with Crippen LogP contribution in [0.4, 0.5) is 5.69 Å². The zero-order valence-electron chi connectivity index (χ0n) is 28.3. The third-order valence-corrected chi connectivity index (χ3v) is 11.9. The second kappa shape index (κ2) is 14.5. The molecule has 1 fully saturated rings. The zero-order valence-corrected chi connectivity index (χ0v) is 29.8. The summed E-state index contributed by atoms with van der Waals surface area (Å²) in [6, 6.07) is 11.7. The molecule has 2 aliphatic heterocycles. The van der Waals surface area contributed by atoms with E-state index < -0.39 is 17.0 Å². The van der Waals surface area contributed by atoms with Gasteiger partial charge in [0.2, 0.25) is 0 Å². The van der Waals surface area contributed by atoms with Crippen LogP contribution in [-0.2, 0) is 17.8 Å². The Bertz CT molecular complexity index is 1410. The van der Waals surface area contributed by atoms with Crippen LogP contribution in [0, 0.1) is 17.8 Å². The molecule has 46 heavy (non-hydrogen) atoms. The van der Waals surface area contributed by atoms with Crippen LogP contribution in [-0.4, -0.2) is 58.2 Å². The Hall–Kier alpha value is -2.23. The van der Waals surface area contributed by atoms with Gasteiger partial charge in [0.05, 0.1) is 29.3 Å². The SMILES string of the molecule is CCCc1cc(Cl)ccc1C1COc2ccc3cc2N(C1)CC1CCC1[C@](O)(CNC(C)(C)C)/C=C/CC(C)C(C)[S+]([O-])NC3=O. The highest BCUT2D eigenvalue weighted by molar-refractivity contribution is 7.90. The molecular formula is C37H52ClN3O4S. The van der Waals surface area contributed by atoms with Crippen molar-refractivity contribution < 1.29 is 19.2 Å². The monoisotopic (exact) mass is 669 g/mol. The Balaban J connectivity index is 1.55. The van der Waals surface area contributed by atoms with Gasteiger partial charge in [0, 0.05) is 47.6 Å². The lowest BCUT2D eigenvalue weighted by atomic mass is 9.64. The van der Waals surface area contributed by atoms with Gasteiger partial charge in [-0.15, -0.1) is 0 Å². The number of amides is 1. The van der Waals surface area contributed by atoms with E-state index in [0.717, 1.165) is 48.7 Å². The van der Waals surface area contributed by atoms with Crippen molar-refractivity contribution in [3.05, 3.63) is 70.3 Å². The number of rotatable bonds is 5. The molecule has 252 valence electrons. The lowest BCUT2D eigenvalue weighted by molar-refractivity contribution is -0.0466. The molecule has 7 atom stereocenters. The van der Waals surface area contributed by atoms with E-state index in [1.165, 1.54) is 11.1 Å². The zero-order chi connectivity index (χ0) is 33.2. The summed E-state index contributed by atoms with van der Waals surface area (Å²) < 4.78 is 22.5. The fraction of sp³-hybridized carbons (Fsp3) is 0.595. The highest BCUT2D eigenvalue weighted by Crippen LogP contribution is 2.46. The van der Waals surface area contributed by atoms with Gasteiger partial charge in [0.1, 0.15) is 11.0 Å². The second-order valence-corrected chi connectivity index (χ2v) is 16.8.